The fourth-order valence-corrected chi connectivity index (χ4v) is 2.62. The van der Waals surface area contributed by atoms with Gasteiger partial charge in [-0.2, -0.15) is 0 Å². The van der Waals surface area contributed by atoms with Crippen LogP contribution >= 0.6 is 0 Å². The summed E-state index contributed by atoms with van der Waals surface area (Å²) in [4.78, 5) is 9.00. The molecule has 19 heavy (non-hydrogen) atoms. The zero-order valence-electron chi connectivity index (χ0n) is 11.5. The molecule has 2 aromatic rings. The lowest BCUT2D eigenvalue weighted by molar-refractivity contribution is 0.409. The summed E-state index contributed by atoms with van der Waals surface area (Å²) in [7, 11) is 4.27. The maximum atomic E-state index is 5.61. The largest absolute Gasteiger partial charge is 0.354 e. The Hall–Kier alpha value is -1.66. The molecule has 2 N–H and O–H groups in total. The first-order valence-electron chi connectivity index (χ1n) is 6.64. The lowest BCUT2D eigenvalue weighted by Crippen LogP contribution is -2.34. The predicted molar refractivity (Wildman–Crippen MR) is 75.2 cm³/mol. The zero-order chi connectivity index (χ0) is 13.4. The van der Waals surface area contributed by atoms with Crippen LogP contribution in [0.25, 0.3) is 5.65 Å². The number of anilines is 1. The van der Waals surface area contributed by atoms with Gasteiger partial charge in [0.25, 0.3) is 0 Å². The third-order valence-corrected chi connectivity index (χ3v) is 3.84. The maximum Gasteiger partial charge on any atom is 0.153 e. The summed E-state index contributed by atoms with van der Waals surface area (Å²) in [5.41, 5.74) is 7.32. The van der Waals surface area contributed by atoms with Gasteiger partial charge in [-0.1, -0.05) is 0 Å². The third kappa shape index (κ3) is 2.29. The van der Waals surface area contributed by atoms with Crippen LogP contribution in [0.3, 0.4) is 0 Å². The minimum absolute atomic E-state index is 0.446. The van der Waals surface area contributed by atoms with E-state index in [0.29, 0.717) is 12.6 Å². The second-order valence-corrected chi connectivity index (χ2v) is 5.25. The second-order valence-electron chi connectivity index (χ2n) is 5.25. The first-order valence-corrected chi connectivity index (χ1v) is 6.64. The van der Waals surface area contributed by atoms with Gasteiger partial charge in [-0.05, 0) is 32.1 Å². The van der Waals surface area contributed by atoms with Crippen LogP contribution in [0.1, 0.15) is 12.1 Å². The number of nitrogens with two attached hydrogens (primary N) is 1. The van der Waals surface area contributed by atoms with Crippen molar-refractivity contribution in [2.75, 3.05) is 32.1 Å². The smallest absolute Gasteiger partial charge is 0.153 e. The molecule has 6 heteroatoms. The molecule has 3 heterocycles. The molecule has 0 spiro atoms. The highest BCUT2D eigenvalue weighted by atomic mass is 15.3. The van der Waals surface area contributed by atoms with Crippen molar-refractivity contribution in [1.82, 2.24) is 19.5 Å². The van der Waals surface area contributed by atoms with Gasteiger partial charge in [-0.3, -0.25) is 0 Å². The van der Waals surface area contributed by atoms with E-state index in [1.807, 2.05) is 22.8 Å². The molecule has 1 saturated heterocycles. The normalized spacial score (nSPS) is 20.3. The van der Waals surface area contributed by atoms with Gasteiger partial charge in [0.05, 0.1) is 11.9 Å². The van der Waals surface area contributed by atoms with Gasteiger partial charge in [0.15, 0.2) is 5.65 Å². The standard InChI is InChI=1S/C13H20N6/c1-17-6-5-11(9-17)18(2)13-4-3-12-15-10(7-14)8-19(12)16-13/h3-4,8,11H,5-7,9,14H2,1-2H3. The van der Waals surface area contributed by atoms with Gasteiger partial charge >= 0.3 is 0 Å². The molecule has 1 fully saturated rings. The zero-order valence-corrected chi connectivity index (χ0v) is 11.5. The van der Waals surface area contributed by atoms with Crippen LogP contribution < -0.4 is 10.6 Å². The molecule has 0 bridgehead atoms. The van der Waals surface area contributed by atoms with E-state index in [4.69, 9.17) is 5.73 Å². The average Bonchev–Trinajstić information content (AvgIpc) is 3.02. The predicted octanol–water partition coefficient (Wildman–Crippen LogP) is 0.328. The van der Waals surface area contributed by atoms with Crippen molar-refractivity contribution in [2.24, 2.45) is 5.73 Å². The molecule has 0 aromatic carbocycles. The highest BCUT2D eigenvalue weighted by Gasteiger charge is 2.24. The van der Waals surface area contributed by atoms with Gasteiger partial charge in [-0.15, -0.1) is 5.10 Å². The van der Waals surface area contributed by atoms with E-state index in [9.17, 15) is 0 Å². The number of likely N-dealkylation sites (tertiary alicyclic amines) is 1. The summed E-state index contributed by atoms with van der Waals surface area (Å²) in [5, 5.41) is 4.62. The fraction of sp³-hybridized carbons (Fsp3) is 0.538. The van der Waals surface area contributed by atoms with Crippen molar-refractivity contribution >= 4 is 11.5 Å². The Kier molecular flexibility index (Phi) is 3.12. The number of hydrogen-bond donors (Lipinski definition) is 1. The van der Waals surface area contributed by atoms with Crippen LogP contribution in [0, 0.1) is 0 Å². The molecule has 3 rings (SSSR count). The molecular weight excluding hydrogens is 240 g/mol. The monoisotopic (exact) mass is 260 g/mol. The summed E-state index contributed by atoms with van der Waals surface area (Å²) in [6, 6.07) is 4.56. The van der Waals surface area contributed by atoms with Crippen LogP contribution in [0.2, 0.25) is 0 Å². The molecule has 1 aliphatic rings. The topological polar surface area (TPSA) is 62.7 Å². The average molecular weight is 260 g/mol. The van der Waals surface area contributed by atoms with Crippen molar-refractivity contribution in [3.8, 4) is 0 Å². The summed E-state index contributed by atoms with van der Waals surface area (Å²) in [6.45, 7) is 2.69. The van der Waals surface area contributed by atoms with E-state index in [0.717, 1.165) is 30.2 Å². The Bertz CT molecular complexity index is 578. The molecule has 2 aromatic heterocycles. The van der Waals surface area contributed by atoms with E-state index in [1.54, 1.807) is 0 Å². The van der Waals surface area contributed by atoms with E-state index in [2.05, 4.69) is 34.0 Å². The lowest BCUT2D eigenvalue weighted by atomic mass is 10.2. The van der Waals surface area contributed by atoms with Crippen LogP contribution in [-0.2, 0) is 6.54 Å². The second kappa shape index (κ2) is 4.79. The van der Waals surface area contributed by atoms with Crippen LogP contribution in [0.15, 0.2) is 18.3 Å². The highest BCUT2D eigenvalue weighted by Crippen LogP contribution is 2.19. The van der Waals surface area contributed by atoms with Crippen LogP contribution in [0.5, 0.6) is 0 Å². The van der Waals surface area contributed by atoms with Crippen molar-refractivity contribution in [2.45, 2.75) is 19.0 Å². The molecule has 6 nitrogen and oxygen atoms in total. The summed E-state index contributed by atoms with van der Waals surface area (Å²) >= 11 is 0. The Labute approximate surface area is 112 Å². The number of likely N-dealkylation sites (N-methyl/N-ethyl adjacent to an activating group) is 2. The van der Waals surface area contributed by atoms with E-state index >= 15 is 0 Å². The van der Waals surface area contributed by atoms with Gasteiger partial charge in [-0.25, -0.2) is 9.50 Å². The van der Waals surface area contributed by atoms with Gasteiger partial charge in [0.1, 0.15) is 5.82 Å². The molecule has 0 saturated carbocycles. The minimum atomic E-state index is 0.446. The molecular formula is C13H20N6. The quantitative estimate of drug-likeness (QED) is 0.861. The number of aromatic nitrogens is 3. The Morgan fingerprint density at radius 3 is 3.00 bits per heavy atom. The van der Waals surface area contributed by atoms with Crippen LogP contribution in [-0.4, -0.2) is 52.7 Å². The number of hydrogen-bond acceptors (Lipinski definition) is 5. The molecule has 0 amide bonds. The van der Waals surface area contributed by atoms with E-state index < -0.39 is 0 Å². The summed E-state index contributed by atoms with van der Waals surface area (Å²) < 4.78 is 1.81. The van der Waals surface area contributed by atoms with Crippen molar-refractivity contribution in [3.63, 3.8) is 0 Å². The Morgan fingerprint density at radius 1 is 1.47 bits per heavy atom. The molecule has 1 atom stereocenters. The first-order chi connectivity index (χ1) is 9.17. The molecule has 1 aliphatic heterocycles. The number of fused-ring (bicyclic) bond motifs is 1. The molecule has 0 aliphatic carbocycles. The van der Waals surface area contributed by atoms with Gasteiger partial charge in [0, 0.05) is 26.2 Å². The van der Waals surface area contributed by atoms with E-state index in [1.165, 1.54) is 6.42 Å². The third-order valence-electron chi connectivity index (χ3n) is 3.84. The number of imidazole rings is 1. The SMILES string of the molecule is CN1CCC(N(C)c2ccc3nc(CN)cn3n2)C1. The highest BCUT2D eigenvalue weighted by molar-refractivity contribution is 5.47. The number of rotatable bonds is 3. The van der Waals surface area contributed by atoms with E-state index in [-0.39, 0.29) is 0 Å². The van der Waals surface area contributed by atoms with Gasteiger partial charge < -0.3 is 15.5 Å². The first kappa shape index (κ1) is 12.4. The molecule has 102 valence electrons. The van der Waals surface area contributed by atoms with Crippen LogP contribution in [0.4, 0.5) is 5.82 Å². The summed E-state index contributed by atoms with van der Waals surface area (Å²) in [6.07, 6.45) is 3.08. The number of nitrogens with zero attached hydrogens (tertiary/aromatic N) is 5. The van der Waals surface area contributed by atoms with Gasteiger partial charge in [0.2, 0.25) is 0 Å². The van der Waals surface area contributed by atoms with Crippen molar-refractivity contribution in [1.29, 1.82) is 0 Å². The lowest BCUT2D eigenvalue weighted by Gasteiger charge is -2.25. The maximum absolute atomic E-state index is 5.61. The molecule has 0 radical (unpaired) electrons. The Balaban J connectivity index is 1.87. The fourth-order valence-electron chi connectivity index (χ4n) is 2.62. The van der Waals surface area contributed by atoms with Crippen molar-refractivity contribution < 1.29 is 0 Å². The summed E-state index contributed by atoms with van der Waals surface area (Å²) in [5.74, 6) is 0.980. The van der Waals surface area contributed by atoms with Crippen molar-refractivity contribution in [3.05, 3.63) is 24.0 Å². The minimum Gasteiger partial charge on any atom is -0.354 e. The Morgan fingerprint density at radius 2 is 2.32 bits per heavy atom. The molecule has 1 unspecified atom stereocenters.